The summed E-state index contributed by atoms with van der Waals surface area (Å²) in [5, 5.41) is 0. The summed E-state index contributed by atoms with van der Waals surface area (Å²) in [4.78, 5) is 19.2. The average Bonchev–Trinajstić information content (AvgIpc) is 3.20. The second-order valence-corrected chi connectivity index (χ2v) is 9.74. The van der Waals surface area contributed by atoms with Gasteiger partial charge in [-0.05, 0) is 82.3 Å². The number of hydrogen-bond acceptors (Lipinski definition) is 5. The number of fused-ring (bicyclic) bond motifs is 1. The Bertz CT molecular complexity index is 1170. The molecule has 0 spiro atoms. The van der Waals surface area contributed by atoms with Gasteiger partial charge in [0.15, 0.2) is 11.5 Å². The third-order valence-electron chi connectivity index (χ3n) is 6.35. The number of rotatable bonds is 5. The molecule has 1 aromatic heterocycles. The topological polar surface area (TPSA) is 65.8 Å². The molecule has 0 atom stereocenters. The van der Waals surface area contributed by atoms with E-state index >= 15 is 0 Å². The summed E-state index contributed by atoms with van der Waals surface area (Å²) in [5.41, 5.74) is 3.91. The van der Waals surface area contributed by atoms with Crippen LogP contribution in [0.3, 0.4) is 0 Å². The second kappa shape index (κ2) is 9.57. The lowest BCUT2D eigenvalue weighted by Crippen LogP contribution is -2.41. The molecule has 3 aromatic rings. The molecule has 1 amide bonds. The van der Waals surface area contributed by atoms with E-state index in [0.29, 0.717) is 30.5 Å². The predicted molar refractivity (Wildman–Crippen MR) is 134 cm³/mol. The van der Waals surface area contributed by atoms with Crippen molar-refractivity contribution in [3.8, 4) is 22.9 Å². The van der Waals surface area contributed by atoms with Crippen LogP contribution in [0.25, 0.3) is 22.4 Å². The number of amides is 1. The summed E-state index contributed by atoms with van der Waals surface area (Å²) in [5.74, 6) is 2.71. The first-order valence-electron chi connectivity index (χ1n) is 11.9. The molecule has 2 aromatic carbocycles. The Morgan fingerprint density at radius 1 is 1.03 bits per heavy atom. The summed E-state index contributed by atoms with van der Waals surface area (Å²) < 4.78 is 18.7. The summed E-state index contributed by atoms with van der Waals surface area (Å²) >= 11 is 0. The highest BCUT2D eigenvalue weighted by atomic mass is 16.6. The van der Waals surface area contributed by atoms with Gasteiger partial charge >= 0.3 is 6.09 Å². The van der Waals surface area contributed by atoms with Gasteiger partial charge in [-0.3, -0.25) is 0 Å². The number of nitrogens with zero attached hydrogens (tertiary/aromatic N) is 3. The molecule has 0 saturated carbocycles. The maximum atomic E-state index is 12.4. The first-order chi connectivity index (χ1) is 16.2. The van der Waals surface area contributed by atoms with Crippen molar-refractivity contribution in [2.75, 3.05) is 27.3 Å². The van der Waals surface area contributed by atoms with E-state index < -0.39 is 5.60 Å². The van der Waals surface area contributed by atoms with E-state index in [1.54, 1.807) is 14.2 Å². The summed E-state index contributed by atoms with van der Waals surface area (Å²) in [6.07, 6.45) is 1.63. The zero-order valence-corrected chi connectivity index (χ0v) is 21.1. The molecule has 7 heteroatoms. The van der Waals surface area contributed by atoms with Crippen LogP contribution in [0.4, 0.5) is 4.79 Å². The van der Waals surface area contributed by atoms with E-state index in [-0.39, 0.29) is 6.09 Å². The zero-order chi connectivity index (χ0) is 24.5. The summed E-state index contributed by atoms with van der Waals surface area (Å²) in [7, 11) is 3.28. The van der Waals surface area contributed by atoms with Crippen LogP contribution < -0.4 is 9.47 Å². The van der Waals surface area contributed by atoms with Gasteiger partial charge < -0.3 is 23.7 Å². The number of imidazole rings is 1. The van der Waals surface area contributed by atoms with E-state index in [4.69, 9.17) is 19.2 Å². The number of aromatic nitrogens is 2. The number of piperidine rings is 1. The molecule has 0 radical (unpaired) electrons. The van der Waals surface area contributed by atoms with Crippen molar-refractivity contribution < 1.29 is 19.0 Å². The number of likely N-dealkylation sites (tertiary alicyclic amines) is 1. The Morgan fingerprint density at radius 2 is 1.74 bits per heavy atom. The molecule has 1 aliphatic rings. The van der Waals surface area contributed by atoms with E-state index in [2.05, 4.69) is 29.7 Å². The van der Waals surface area contributed by atoms with E-state index in [1.807, 2.05) is 43.9 Å². The number of benzene rings is 2. The molecular weight excluding hydrogens is 430 g/mol. The first kappa shape index (κ1) is 23.9. The first-order valence-corrected chi connectivity index (χ1v) is 11.9. The molecule has 2 heterocycles. The molecule has 34 heavy (non-hydrogen) atoms. The number of hydrogen-bond donors (Lipinski definition) is 0. The molecule has 0 aliphatic carbocycles. The SMILES string of the molecule is CCn1c(-c2ccc(OC)c(OC)c2)nc2ccc(C3CCN(C(=O)OC(C)(C)C)CC3)cc21. The van der Waals surface area contributed by atoms with Gasteiger partial charge in [0.05, 0.1) is 25.3 Å². The minimum atomic E-state index is -0.469. The van der Waals surface area contributed by atoms with Crippen LogP contribution in [0.1, 0.15) is 52.0 Å². The quantitative estimate of drug-likeness (QED) is 0.473. The molecule has 1 fully saturated rings. The Morgan fingerprint density at radius 3 is 2.35 bits per heavy atom. The number of aryl methyl sites for hydroxylation is 1. The smallest absolute Gasteiger partial charge is 0.410 e. The van der Waals surface area contributed by atoms with Crippen LogP contribution in [0, 0.1) is 0 Å². The fourth-order valence-corrected chi connectivity index (χ4v) is 4.63. The fourth-order valence-electron chi connectivity index (χ4n) is 4.63. The van der Waals surface area contributed by atoms with Crippen LogP contribution in [-0.2, 0) is 11.3 Å². The van der Waals surface area contributed by atoms with Crippen molar-refractivity contribution in [1.29, 1.82) is 0 Å². The number of methoxy groups -OCH3 is 2. The Labute approximate surface area is 201 Å². The molecule has 0 unspecified atom stereocenters. The highest BCUT2D eigenvalue weighted by molar-refractivity contribution is 5.82. The van der Waals surface area contributed by atoms with Gasteiger partial charge in [-0.2, -0.15) is 0 Å². The molecule has 4 rings (SSSR count). The maximum absolute atomic E-state index is 12.4. The van der Waals surface area contributed by atoms with E-state index in [9.17, 15) is 4.79 Å². The van der Waals surface area contributed by atoms with Crippen molar-refractivity contribution >= 4 is 17.1 Å². The number of carbonyl (C=O) groups is 1. The summed E-state index contributed by atoms with van der Waals surface area (Å²) in [6.45, 7) is 10.1. The van der Waals surface area contributed by atoms with Gasteiger partial charge in [0.2, 0.25) is 0 Å². The predicted octanol–water partition coefficient (Wildman–Crippen LogP) is 5.85. The standard InChI is InChI=1S/C27H35N3O4/c1-7-30-22-16-19(18-12-14-29(15-13-18)26(31)34-27(2,3)4)8-10-21(22)28-25(30)20-9-11-23(32-5)24(17-20)33-6/h8-11,16-18H,7,12-15H2,1-6H3. The highest BCUT2D eigenvalue weighted by Gasteiger charge is 2.28. The van der Waals surface area contributed by atoms with Gasteiger partial charge in [-0.1, -0.05) is 6.07 Å². The maximum Gasteiger partial charge on any atom is 0.410 e. The molecule has 1 aliphatic heterocycles. The third kappa shape index (κ3) is 4.83. The van der Waals surface area contributed by atoms with Crippen LogP contribution in [0.5, 0.6) is 11.5 Å². The second-order valence-electron chi connectivity index (χ2n) is 9.74. The van der Waals surface area contributed by atoms with Crippen molar-refractivity contribution in [1.82, 2.24) is 14.5 Å². The fraction of sp³-hybridized carbons (Fsp3) is 0.481. The van der Waals surface area contributed by atoms with Crippen molar-refractivity contribution in [2.45, 2.75) is 58.6 Å². The van der Waals surface area contributed by atoms with E-state index in [0.717, 1.165) is 41.8 Å². The molecule has 0 N–H and O–H groups in total. The zero-order valence-electron chi connectivity index (χ0n) is 21.1. The monoisotopic (exact) mass is 465 g/mol. The van der Waals surface area contributed by atoms with Crippen LogP contribution in [-0.4, -0.2) is 53.5 Å². The van der Waals surface area contributed by atoms with Gasteiger partial charge in [0.1, 0.15) is 11.4 Å². The van der Waals surface area contributed by atoms with Crippen molar-refractivity contribution in [3.63, 3.8) is 0 Å². The number of carbonyl (C=O) groups excluding carboxylic acids is 1. The molecule has 1 saturated heterocycles. The molecule has 7 nitrogen and oxygen atoms in total. The van der Waals surface area contributed by atoms with Crippen molar-refractivity contribution in [3.05, 3.63) is 42.0 Å². The van der Waals surface area contributed by atoms with Crippen LogP contribution in [0.2, 0.25) is 0 Å². The Kier molecular flexibility index (Phi) is 6.73. The van der Waals surface area contributed by atoms with Gasteiger partial charge in [0, 0.05) is 25.2 Å². The van der Waals surface area contributed by atoms with Crippen LogP contribution in [0.15, 0.2) is 36.4 Å². The van der Waals surface area contributed by atoms with Gasteiger partial charge in [-0.15, -0.1) is 0 Å². The lowest BCUT2D eigenvalue weighted by molar-refractivity contribution is 0.0205. The van der Waals surface area contributed by atoms with Crippen LogP contribution >= 0.6 is 0 Å². The lowest BCUT2D eigenvalue weighted by Gasteiger charge is -2.33. The largest absolute Gasteiger partial charge is 0.493 e. The third-order valence-corrected chi connectivity index (χ3v) is 6.35. The average molecular weight is 466 g/mol. The Hall–Kier alpha value is -3.22. The highest BCUT2D eigenvalue weighted by Crippen LogP contribution is 2.35. The normalized spacial score (nSPS) is 14.9. The minimum Gasteiger partial charge on any atom is -0.493 e. The number of ether oxygens (including phenoxy) is 3. The Balaban J connectivity index is 1.58. The molecule has 182 valence electrons. The van der Waals surface area contributed by atoms with Crippen molar-refractivity contribution in [2.24, 2.45) is 0 Å². The molecular formula is C27H35N3O4. The molecule has 0 bridgehead atoms. The minimum absolute atomic E-state index is 0.218. The summed E-state index contributed by atoms with van der Waals surface area (Å²) in [6, 6.07) is 12.5. The van der Waals surface area contributed by atoms with E-state index in [1.165, 1.54) is 5.56 Å². The lowest BCUT2D eigenvalue weighted by atomic mass is 9.89. The van der Waals surface area contributed by atoms with Gasteiger partial charge in [-0.25, -0.2) is 9.78 Å². The van der Waals surface area contributed by atoms with Gasteiger partial charge in [0.25, 0.3) is 0 Å².